The first-order chi connectivity index (χ1) is 9.06. The van der Waals surface area contributed by atoms with Crippen LogP contribution in [0.1, 0.15) is 44.6 Å². The second-order valence-electron chi connectivity index (χ2n) is 5.28. The van der Waals surface area contributed by atoms with Gasteiger partial charge in [0.2, 0.25) is 5.91 Å². The Bertz CT molecular complexity index is 455. The summed E-state index contributed by atoms with van der Waals surface area (Å²) < 4.78 is 6.80. The van der Waals surface area contributed by atoms with E-state index in [1.165, 1.54) is 0 Å². The van der Waals surface area contributed by atoms with Gasteiger partial charge in [-0.15, -0.1) is 0 Å². The van der Waals surface area contributed by atoms with Gasteiger partial charge in [0, 0.05) is 10.5 Å². The van der Waals surface area contributed by atoms with Gasteiger partial charge in [-0.3, -0.25) is 4.79 Å². The van der Waals surface area contributed by atoms with Crippen LogP contribution in [0.5, 0.6) is 5.75 Å². The van der Waals surface area contributed by atoms with Gasteiger partial charge in [-0.2, -0.15) is 0 Å². The lowest BCUT2D eigenvalue weighted by molar-refractivity contribution is -0.121. The Kier molecular flexibility index (Phi) is 4.86. The minimum absolute atomic E-state index is 0.0886. The third-order valence-corrected chi connectivity index (χ3v) is 3.62. The van der Waals surface area contributed by atoms with E-state index in [-0.39, 0.29) is 5.91 Å². The first kappa shape index (κ1) is 14.4. The van der Waals surface area contributed by atoms with Crippen LogP contribution in [-0.2, 0) is 4.79 Å². The normalized spacial score (nSPS) is 14.5. The van der Waals surface area contributed by atoms with Gasteiger partial charge in [-0.1, -0.05) is 29.8 Å². The van der Waals surface area contributed by atoms with E-state index in [9.17, 15) is 4.79 Å². The third-order valence-electron chi connectivity index (χ3n) is 3.12. The Hall–Kier alpha value is -1.03. The van der Waals surface area contributed by atoms with E-state index in [0.29, 0.717) is 25.0 Å². The Morgan fingerprint density at radius 2 is 2.21 bits per heavy atom. The molecule has 1 aromatic rings. The van der Waals surface area contributed by atoms with Crippen molar-refractivity contribution in [2.75, 3.05) is 6.61 Å². The second kappa shape index (κ2) is 6.42. The molecule has 0 unspecified atom stereocenters. The van der Waals surface area contributed by atoms with Gasteiger partial charge in [-0.25, -0.2) is 0 Å². The number of carbonyl (C=O) groups excluding carboxylic acids is 1. The smallest absolute Gasteiger partial charge is 0.223 e. The van der Waals surface area contributed by atoms with Crippen molar-refractivity contribution in [1.82, 2.24) is 5.32 Å². The zero-order chi connectivity index (χ0) is 13.8. The molecule has 0 spiro atoms. The average Bonchev–Trinajstić information content (AvgIpc) is 3.14. The summed E-state index contributed by atoms with van der Waals surface area (Å²) in [6, 6.07) is 6.42. The van der Waals surface area contributed by atoms with Crippen LogP contribution in [0.15, 0.2) is 22.7 Å². The summed E-state index contributed by atoms with van der Waals surface area (Å²) in [5, 5.41) is 2.96. The fourth-order valence-electron chi connectivity index (χ4n) is 1.88. The highest BCUT2D eigenvalue weighted by Crippen LogP contribution is 2.29. The molecule has 0 atom stereocenters. The molecule has 1 aliphatic carbocycles. The molecule has 0 heterocycles. The van der Waals surface area contributed by atoms with E-state index in [1.54, 1.807) is 0 Å². The van der Waals surface area contributed by atoms with Gasteiger partial charge >= 0.3 is 0 Å². The fraction of sp³-hybridized carbons (Fsp3) is 0.533. The van der Waals surface area contributed by atoms with E-state index < -0.39 is 0 Å². The quantitative estimate of drug-likeness (QED) is 0.867. The molecule has 0 aliphatic heterocycles. The van der Waals surface area contributed by atoms with Gasteiger partial charge in [-0.05, 0) is 42.5 Å². The molecule has 2 rings (SSSR count). The van der Waals surface area contributed by atoms with Crippen LogP contribution in [0, 0.1) is 0 Å². The molecule has 0 aromatic heterocycles. The van der Waals surface area contributed by atoms with E-state index in [2.05, 4.69) is 41.2 Å². The lowest BCUT2D eigenvalue weighted by Gasteiger charge is -2.14. The molecule has 1 N–H and O–H groups in total. The minimum Gasteiger partial charge on any atom is -0.493 e. The summed E-state index contributed by atoms with van der Waals surface area (Å²) in [4.78, 5) is 11.6. The molecule has 0 bridgehead atoms. The van der Waals surface area contributed by atoms with Gasteiger partial charge in [0.15, 0.2) is 0 Å². The monoisotopic (exact) mass is 325 g/mol. The number of hydrogen-bond acceptors (Lipinski definition) is 2. The molecular formula is C15H20BrNO2. The van der Waals surface area contributed by atoms with Crippen LogP contribution in [0.4, 0.5) is 0 Å². The molecule has 1 aliphatic rings. The van der Waals surface area contributed by atoms with Gasteiger partial charge in [0.25, 0.3) is 0 Å². The molecule has 4 heteroatoms. The molecule has 3 nitrogen and oxygen atoms in total. The lowest BCUT2D eigenvalue weighted by atomic mass is 10.0. The topological polar surface area (TPSA) is 38.3 Å². The molecule has 1 fully saturated rings. The van der Waals surface area contributed by atoms with Crippen molar-refractivity contribution in [3.8, 4) is 5.75 Å². The van der Waals surface area contributed by atoms with Gasteiger partial charge in [0.1, 0.15) is 5.75 Å². The highest BCUT2D eigenvalue weighted by atomic mass is 79.9. The third kappa shape index (κ3) is 4.53. The van der Waals surface area contributed by atoms with E-state index >= 15 is 0 Å². The number of rotatable bonds is 6. The molecule has 104 valence electrons. The lowest BCUT2D eigenvalue weighted by Crippen LogP contribution is -2.26. The zero-order valence-electron chi connectivity index (χ0n) is 11.4. The number of hydrogen-bond donors (Lipinski definition) is 1. The van der Waals surface area contributed by atoms with Crippen molar-refractivity contribution in [3.63, 3.8) is 0 Å². The predicted molar refractivity (Wildman–Crippen MR) is 79.5 cm³/mol. The van der Waals surface area contributed by atoms with Crippen molar-refractivity contribution < 1.29 is 9.53 Å². The zero-order valence-corrected chi connectivity index (χ0v) is 13.0. The van der Waals surface area contributed by atoms with Crippen LogP contribution in [0.3, 0.4) is 0 Å². The van der Waals surface area contributed by atoms with Crippen LogP contribution in [0.2, 0.25) is 0 Å². The highest BCUT2D eigenvalue weighted by molar-refractivity contribution is 9.10. The molecular weight excluding hydrogens is 306 g/mol. The van der Waals surface area contributed by atoms with Crippen LogP contribution >= 0.6 is 15.9 Å². The maximum atomic E-state index is 11.6. The Balaban J connectivity index is 1.86. The van der Waals surface area contributed by atoms with Gasteiger partial charge < -0.3 is 10.1 Å². The highest BCUT2D eigenvalue weighted by Gasteiger charge is 2.22. The summed E-state index contributed by atoms with van der Waals surface area (Å²) in [5.41, 5.74) is 1.16. The SMILES string of the molecule is CC(C)c1cc(Br)ccc1OCCC(=O)NC1CC1. The number of amides is 1. The van der Waals surface area contributed by atoms with Crippen molar-refractivity contribution in [2.24, 2.45) is 0 Å². The van der Waals surface area contributed by atoms with Crippen molar-refractivity contribution in [3.05, 3.63) is 28.2 Å². The molecule has 19 heavy (non-hydrogen) atoms. The maximum absolute atomic E-state index is 11.6. The summed E-state index contributed by atoms with van der Waals surface area (Å²) in [6.07, 6.45) is 2.66. The Labute approximate surface area is 122 Å². The van der Waals surface area contributed by atoms with E-state index in [1.807, 2.05) is 12.1 Å². The average molecular weight is 326 g/mol. The Morgan fingerprint density at radius 3 is 2.84 bits per heavy atom. The van der Waals surface area contributed by atoms with Crippen molar-refractivity contribution in [2.45, 2.75) is 45.1 Å². The molecule has 0 saturated heterocycles. The summed E-state index contributed by atoms with van der Waals surface area (Å²) in [7, 11) is 0. The largest absolute Gasteiger partial charge is 0.493 e. The van der Waals surface area contributed by atoms with Crippen molar-refractivity contribution in [1.29, 1.82) is 0 Å². The molecule has 0 radical (unpaired) electrons. The van der Waals surface area contributed by atoms with E-state index in [4.69, 9.17) is 4.74 Å². The molecule has 1 aromatic carbocycles. The van der Waals surface area contributed by atoms with Gasteiger partial charge in [0.05, 0.1) is 13.0 Å². The molecule has 1 amide bonds. The first-order valence-electron chi connectivity index (χ1n) is 6.78. The van der Waals surface area contributed by atoms with Crippen LogP contribution < -0.4 is 10.1 Å². The number of benzene rings is 1. The van der Waals surface area contributed by atoms with Crippen molar-refractivity contribution >= 4 is 21.8 Å². The standard InChI is InChI=1S/C15H20BrNO2/c1-10(2)13-9-11(16)3-6-14(13)19-8-7-15(18)17-12-4-5-12/h3,6,9-10,12H,4-5,7-8H2,1-2H3,(H,17,18). The Morgan fingerprint density at radius 1 is 1.47 bits per heavy atom. The number of carbonyl (C=O) groups is 1. The summed E-state index contributed by atoms with van der Waals surface area (Å²) in [5.74, 6) is 1.36. The predicted octanol–water partition coefficient (Wildman–Crippen LogP) is 3.62. The maximum Gasteiger partial charge on any atom is 0.223 e. The van der Waals surface area contributed by atoms with Crippen LogP contribution in [-0.4, -0.2) is 18.6 Å². The summed E-state index contributed by atoms with van der Waals surface area (Å²) in [6.45, 7) is 4.70. The number of halogens is 1. The fourth-order valence-corrected chi connectivity index (χ4v) is 2.26. The number of nitrogens with one attached hydrogen (secondary N) is 1. The van der Waals surface area contributed by atoms with Crippen LogP contribution in [0.25, 0.3) is 0 Å². The first-order valence-corrected chi connectivity index (χ1v) is 7.57. The summed E-state index contributed by atoms with van der Waals surface area (Å²) >= 11 is 3.47. The number of ether oxygens (including phenoxy) is 1. The minimum atomic E-state index is 0.0886. The molecule has 1 saturated carbocycles. The second-order valence-corrected chi connectivity index (χ2v) is 6.19. The van der Waals surface area contributed by atoms with E-state index in [0.717, 1.165) is 28.6 Å².